The van der Waals surface area contributed by atoms with Crippen molar-refractivity contribution in [3.05, 3.63) is 12.2 Å². The normalized spacial score (nSPS) is 46.4. The maximum atomic E-state index is 12.6. The maximum Gasteiger partial charge on any atom is 0.330 e. The Bertz CT molecular complexity index is 1510. The number of esters is 2. The lowest BCUT2D eigenvalue weighted by atomic mass is 9.72. The summed E-state index contributed by atoms with van der Waals surface area (Å²) in [6, 6.07) is 0. The third kappa shape index (κ3) is 11.8. The Balaban J connectivity index is 1.19. The first-order chi connectivity index (χ1) is 29.4. The van der Waals surface area contributed by atoms with Crippen LogP contribution in [0.4, 0.5) is 0 Å². The molecule has 3 aliphatic carbocycles. The standard InChI is InChI=1S/C40H62O22/c1-55-24-9-17(8-21(43)31(24)48)38-25(60-40-37(54)35(52)32(49)26(62-40)14-56-29(46)7-4-16-2-5-18(41)6-3-16)12-20-22(58-38)10-19(42)11-23(20)59-39-36(53)34(51)33(50)27(61-39)15-57-30(47)13-28(44)45/h4,7,16-27,31-43,48-54H,2-3,5-6,8-15H2,1H3,(H,44,45)/t16?,17?,18?,19?,20?,21?,22?,23?,24?,25?,26-,27-,31?,32-,33-,34+,35+,36-,37-,38?,39-,40-/m1/s1. The van der Waals surface area contributed by atoms with Gasteiger partial charge < -0.3 is 94.1 Å². The molecule has 11 N–H and O–H groups in total. The van der Waals surface area contributed by atoms with Crippen molar-refractivity contribution in [2.45, 2.75) is 181 Å². The summed E-state index contributed by atoms with van der Waals surface area (Å²) < 4.78 is 46.6. The van der Waals surface area contributed by atoms with E-state index in [4.69, 9.17) is 43.0 Å². The van der Waals surface area contributed by atoms with E-state index in [1.165, 1.54) is 13.2 Å². The number of carbonyl (C=O) groups excluding carboxylic acids is 2. The van der Waals surface area contributed by atoms with Crippen LogP contribution in [-0.2, 0) is 52.3 Å². The number of fused-ring (bicyclic) bond motifs is 1. The van der Waals surface area contributed by atoms with Crippen molar-refractivity contribution < 1.29 is 108 Å². The molecule has 20 atom stereocenters. The van der Waals surface area contributed by atoms with Crippen molar-refractivity contribution >= 4 is 17.9 Å². The van der Waals surface area contributed by atoms with Crippen molar-refractivity contribution in [2.24, 2.45) is 17.8 Å². The van der Waals surface area contributed by atoms with Gasteiger partial charge in [0.2, 0.25) is 0 Å². The zero-order valence-corrected chi connectivity index (χ0v) is 34.3. The highest BCUT2D eigenvalue weighted by atomic mass is 16.7. The van der Waals surface area contributed by atoms with Crippen LogP contribution in [0.15, 0.2) is 12.2 Å². The summed E-state index contributed by atoms with van der Waals surface area (Å²) in [5, 5.41) is 116. The second-order valence-corrected chi connectivity index (χ2v) is 17.4. The zero-order chi connectivity index (χ0) is 45.0. The first kappa shape index (κ1) is 49.0. The molecule has 0 spiro atoms. The number of carboxylic acids is 1. The molecule has 10 unspecified atom stereocenters. The van der Waals surface area contributed by atoms with E-state index in [-0.39, 0.29) is 44.1 Å². The van der Waals surface area contributed by atoms with Gasteiger partial charge in [-0.1, -0.05) is 6.08 Å². The van der Waals surface area contributed by atoms with Crippen LogP contribution < -0.4 is 0 Å². The zero-order valence-electron chi connectivity index (χ0n) is 34.3. The summed E-state index contributed by atoms with van der Waals surface area (Å²) in [5.74, 6) is -4.51. The highest BCUT2D eigenvalue weighted by Crippen LogP contribution is 2.45. The lowest BCUT2D eigenvalue weighted by Gasteiger charge is -2.53. The number of ether oxygens (including phenoxy) is 8. The quantitative estimate of drug-likeness (QED) is 0.0451. The Labute approximate surface area is 356 Å². The molecule has 22 nitrogen and oxygen atoms in total. The van der Waals surface area contributed by atoms with E-state index in [0.29, 0.717) is 25.7 Å². The second-order valence-electron chi connectivity index (χ2n) is 17.4. The Hall–Kier alpha value is -2.49. The molecular weight excluding hydrogens is 832 g/mol. The number of hydrogen-bond donors (Lipinski definition) is 11. The van der Waals surface area contributed by atoms with E-state index >= 15 is 0 Å². The summed E-state index contributed by atoms with van der Waals surface area (Å²) in [6.45, 7) is -1.23. The molecule has 3 aliphatic heterocycles. The topological polar surface area (TPSA) is 348 Å². The lowest BCUT2D eigenvalue weighted by Crippen LogP contribution is -2.64. The summed E-state index contributed by atoms with van der Waals surface area (Å²) in [6.07, 6.45) is -20.6. The summed E-state index contributed by atoms with van der Waals surface area (Å²) in [4.78, 5) is 35.4. The van der Waals surface area contributed by atoms with Gasteiger partial charge in [0.15, 0.2) is 12.6 Å². The van der Waals surface area contributed by atoms with E-state index in [1.54, 1.807) is 6.08 Å². The molecule has 62 heavy (non-hydrogen) atoms. The number of aliphatic hydroxyl groups excluding tert-OH is 10. The Morgan fingerprint density at radius 2 is 1.21 bits per heavy atom. The Morgan fingerprint density at radius 3 is 1.81 bits per heavy atom. The molecular formula is C40H62O22. The summed E-state index contributed by atoms with van der Waals surface area (Å²) in [7, 11) is 1.37. The highest BCUT2D eigenvalue weighted by molar-refractivity contribution is 5.90. The molecule has 3 heterocycles. The smallest absolute Gasteiger partial charge is 0.330 e. The molecule has 22 heteroatoms. The minimum absolute atomic E-state index is 0.0229. The molecule has 6 rings (SSSR count). The number of carboxylic acid groups (broad SMARTS) is 1. The van der Waals surface area contributed by atoms with Crippen molar-refractivity contribution in [2.75, 3.05) is 20.3 Å². The fourth-order valence-electron chi connectivity index (χ4n) is 9.56. The third-order valence-electron chi connectivity index (χ3n) is 13.1. The van der Waals surface area contributed by atoms with Gasteiger partial charge in [-0.3, -0.25) is 9.59 Å². The van der Waals surface area contributed by atoms with Gasteiger partial charge >= 0.3 is 17.9 Å². The summed E-state index contributed by atoms with van der Waals surface area (Å²) >= 11 is 0. The molecule has 0 aromatic heterocycles. The highest BCUT2D eigenvalue weighted by Gasteiger charge is 2.55. The number of allylic oxidation sites excluding steroid dienone is 1. The van der Waals surface area contributed by atoms with Crippen molar-refractivity contribution in [3.8, 4) is 0 Å². The minimum atomic E-state index is -1.87. The summed E-state index contributed by atoms with van der Waals surface area (Å²) in [5.41, 5.74) is 0. The lowest BCUT2D eigenvalue weighted by molar-refractivity contribution is -0.345. The van der Waals surface area contributed by atoms with E-state index in [2.05, 4.69) is 0 Å². The van der Waals surface area contributed by atoms with Crippen LogP contribution in [0.25, 0.3) is 0 Å². The molecule has 6 aliphatic rings. The van der Waals surface area contributed by atoms with Crippen LogP contribution in [0.2, 0.25) is 0 Å². The maximum absolute atomic E-state index is 12.6. The predicted molar refractivity (Wildman–Crippen MR) is 202 cm³/mol. The van der Waals surface area contributed by atoms with Crippen LogP contribution >= 0.6 is 0 Å². The number of aliphatic hydroxyl groups is 10. The fraction of sp³-hybridized carbons (Fsp3) is 0.875. The van der Waals surface area contributed by atoms with Crippen LogP contribution in [0.3, 0.4) is 0 Å². The predicted octanol–water partition coefficient (Wildman–Crippen LogP) is -3.88. The molecule has 0 radical (unpaired) electrons. The van der Waals surface area contributed by atoms with Gasteiger partial charge in [-0.2, -0.15) is 0 Å². The number of carbonyl (C=O) groups is 3. The Kier molecular flexibility index (Phi) is 17.1. The monoisotopic (exact) mass is 894 g/mol. The van der Waals surface area contributed by atoms with Crippen molar-refractivity contribution in [1.82, 2.24) is 0 Å². The number of hydrogen-bond acceptors (Lipinski definition) is 21. The van der Waals surface area contributed by atoms with Crippen molar-refractivity contribution in [3.63, 3.8) is 0 Å². The average molecular weight is 895 g/mol. The second kappa shape index (κ2) is 21.7. The van der Waals surface area contributed by atoms with Gasteiger partial charge in [-0.05, 0) is 63.2 Å². The average Bonchev–Trinajstić information content (AvgIpc) is 3.23. The van der Waals surface area contributed by atoms with E-state index in [9.17, 15) is 65.4 Å². The van der Waals surface area contributed by atoms with Gasteiger partial charge in [-0.25, -0.2) is 4.79 Å². The first-order valence-corrected chi connectivity index (χ1v) is 21.3. The van der Waals surface area contributed by atoms with E-state index in [0.717, 1.165) is 0 Å². The molecule has 0 amide bonds. The molecule has 0 aromatic rings. The van der Waals surface area contributed by atoms with E-state index < -0.39 is 160 Å². The van der Waals surface area contributed by atoms with Crippen molar-refractivity contribution in [1.29, 1.82) is 0 Å². The minimum Gasteiger partial charge on any atom is -0.481 e. The molecule has 6 fully saturated rings. The molecule has 3 saturated heterocycles. The Morgan fingerprint density at radius 1 is 0.613 bits per heavy atom. The number of aliphatic carboxylic acids is 1. The van der Waals surface area contributed by atoms with Crippen LogP contribution in [-0.4, -0.2) is 211 Å². The van der Waals surface area contributed by atoms with Gasteiger partial charge in [0, 0.05) is 25.5 Å². The van der Waals surface area contributed by atoms with E-state index in [1.807, 2.05) is 0 Å². The van der Waals surface area contributed by atoms with Gasteiger partial charge in [0.05, 0.1) is 48.8 Å². The molecule has 0 bridgehead atoms. The number of rotatable bonds is 14. The van der Waals surface area contributed by atoms with Gasteiger partial charge in [-0.15, -0.1) is 0 Å². The molecule has 354 valence electrons. The largest absolute Gasteiger partial charge is 0.481 e. The third-order valence-corrected chi connectivity index (χ3v) is 13.1. The SMILES string of the molecule is COC1CC(C2OC3CC(O)CC(O[C@@H]4O[C@H](COC(=O)CC(=O)O)[C@@H](O)[C@H](O)[C@H]4O)C3CC2O[C@@H]2O[C@H](COC(=O)C=CC3CCC(O)CC3)[C@@H](O)[C@H](O)[C@H]2O)CC(O)C1O. The van der Waals surface area contributed by atoms with Crippen LogP contribution in [0.1, 0.15) is 64.2 Å². The molecule has 3 saturated carbocycles. The fourth-order valence-corrected chi connectivity index (χ4v) is 9.56. The van der Waals surface area contributed by atoms with Gasteiger partial charge in [0.1, 0.15) is 74.6 Å². The van der Waals surface area contributed by atoms with Gasteiger partial charge in [0.25, 0.3) is 0 Å². The number of methoxy groups -OCH3 is 1. The van der Waals surface area contributed by atoms with Crippen LogP contribution in [0, 0.1) is 17.8 Å². The first-order valence-electron chi connectivity index (χ1n) is 21.3. The molecule has 0 aromatic carbocycles. The van der Waals surface area contributed by atoms with Crippen LogP contribution in [0.5, 0.6) is 0 Å².